The van der Waals surface area contributed by atoms with Gasteiger partial charge in [-0.25, -0.2) is 8.42 Å². The number of aryl methyl sites for hydroxylation is 1. The molecule has 0 unspecified atom stereocenters. The van der Waals surface area contributed by atoms with E-state index < -0.39 is 10.0 Å². The van der Waals surface area contributed by atoms with E-state index in [0.717, 1.165) is 21.7 Å². The number of carbonyl (C=O) groups is 1. The number of para-hydroxylation sites is 1. The zero-order valence-corrected chi connectivity index (χ0v) is 14.4. The minimum Gasteiger partial charge on any atom is -0.322 e. The fourth-order valence-corrected chi connectivity index (χ4v) is 2.71. The third-order valence-corrected chi connectivity index (χ3v) is 5.03. The summed E-state index contributed by atoms with van der Waals surface area (Å²) in [5.74, 6) is -0.343. The Morgan fingerprint density at radius 2 is 1.70 bits per heavy atom. The van der Waals surface area contributed by atoms with E-state index in [-0.39, 0.29) is 5.91 Å². The standard InChI is InChI=1S/C17H20N2O3S/c1-12-8-7-10-15(13(12)2)18-17(20)14-9-5-6-11-16(14)19(3)23(4,21)22/h5-11H,1-4H3,(H,18,20). The van der Waals surface area contributed by atoms with Gasteiger partial charge in [0.05, 0.1) is 17.5 Å². The highest BCUT2D eigenvalue weighted by Crippen LogP contribution is 2.24. The lowest BCUT2D eigenvalue weighted by Crippen LogP contribution is -2.27. The van der Waals surface area contributed by atoms with Crippen LogP contribution in [-0.2, 0) is 10.0 Å². The normalized spacial score (nSPS) is 11.1. The molecule has 0 aliphatic rings. The maximum absolute atomic E-state index is 12.6. The van der Waals surface area contributed by atoms with Gasteiger partial charge in [-0.05, 0) is 43.2 Å². The third-order valence-electron chi connectivity index (χ3n) is 3.84. The number of rotatable bonds is 4. The summed E-state index contributed by atoms with van der Waals surface area (Å²) in [4.78, 5) is 12.6. The zero-order valence-electron chi connectivity index (χ0n) is 13.6. The second kappa shape index (κ2) is 6.42. The van der Waals surface area contributed by atoms with Crippen molar-refractivity contribution in [1.82, 2.24) is 0 Å². The number of nitrogens with zero attached hydrogens (tertiary/aromatic N) is 1. The van der Waals surface area contributed by atoms with Crippen molar-refractivity contribution in [2.75, 3.05) is 22.9 Å². The molecule has 0 radical (unpaired) electrons. The zero-order chi connectivity index (χ0) is 17.2. The van der Waals surface area contributed by atoms with Crippen LogP contribution in [0.2, 0.25) is 0 Å². The van der Waals surface area contributed by atoms with Crippen LogP contribution < -0.4 is 9.62 Å². The molecule has 0 aliphatic carbocycles. The number of amides is 1. The Morgan fingerprint density at radius 1 is 1.04 bits per heavy atom. The second-order valence-electron chi connectivity index (χ2n) is 5.45. The van der Waals surface area contributed by atoms with Crippen LogP contribution >= 0.6 is 0 Å². The van der Waals surface area contributed by atoms with Crippen LogP contribution in [-0.4, -0.2) is 27.6 Å². The smallest absolute Gasteiger partial charge is 0.257 e. The molecule has 0 aliphatic heterocycles. The molecule has 2 aromatic carbocycles. The van der Waals surface area contributed by atoms with Crippen LogP contribution in [0.3, 0.4) is 0 Å². The maximum Gasteiger partial charge on any atom is 0.257 e. The Bertz CT molecular complexity index is 845. The minimum atomic E-state index is -3.45. The summed E-state index contributed by atoms with van der Waals surface area (Å²) >= 11 is 0. The molecule has 2 aromatic rings. The van der Waals surface area contributed by atoms with E-state index in [1.165, 1.54) is 7.05 Å². The highest BCUT2D eigenvalue weighted by atomic mass is 32.2. The van der Waals surface area contributed by atoms with Gasteiger partial charge in [0.15, 0.2) is 0 Å². The quantitative estimate of drug-likeness (QED) is 0.936. The van der Waals surface area contributed by atoms with Gasteiger partial charge in [0.25, 0.3) is 5.91 Å². The molecule has 6 heteroatoms. The molecular weight excluding hydrogens is 312 g/mol. The van der Waals surface area contributed by atoms with E-state index >= 15 is 0 Å². The van der Waals surface area contributed by atoms with Gasteiger partial charge in [-0.3, -0.25) is 9.10 Å². The van der Waals surface area contributed by atoms with Crippen LogP contribution in [0.25, 0.3) is 0 Å². The van der Waals surface area contributed by atoms with Crippen molar-refractivity contribution in [3.8, 4) is 0 Å². The molecule has 1 N–H and O–H groups in total. The fraction of sp³-hybridized carbons (Fsp3) is 0.235. The van der Waals surface area contributed by atoms with Crippen LogP contribution in [0, 0.1) is 13.8 Å². The number of nitrogens with one attached hydrogen (secondary N) is 1. The molecule has 122 valence electrons. The maximum atomic E-state index is 12.6. The third kappa shape index (κ3) is 3.71. The van der Waals surface area contributed by atoms with Crippen molar-refractivity contribution in [1.29, 1.82) is 0 Å². The van der Waals surface area contributed by atoms with E-state index in [1.807, 2.05) is 32.0 Å². The molecule has 0 fully saturated rings. The average Bonchev–Trinajstić information content (AvgIpc) is 2.50. The van der Waals surface area contributed by atoms with Crippen molar-refractivity contribution in [2.45, 2.75) is 13.8 Å². The van der Waals surface area contributed by atoms with Gasteiger partial charge in [-0.2, -0.15) is 0 Å². The van der Waals surface area contributed by atoms with Crippen molar-refractivity contribution in [3.63, 3.8) is 0 Å². The second-order valence-corrected chi connectivity index (χ2v) is 7.46. The molecule has 0 bridgehead atoms. The molecule has 23 heavy (non-hydrogen) atoms. The first-order chi connectivity index (χ1) is 10.7. The number of benzene rings is 2. The average molecular weight is 332 g/mol. The fourth-order valence-electron chi connectivity index (χ4n) is 2.20. The highest BCUT2D eigenvalue weighted by Gasteiger charge is 2.19. The summed E-state index contributed by atoms with van der Waals surface area (Å²) in [7, 11) is -2.02. The van der Waals surface area contributed by atoms with Gasteiger partial charge in [-0.15, -0.1) is 0 Å². The lowest BCUT2D eigenvalue weighted by molar-refractivity contribution is 0.102. The summed E-state index contributed by atoms with van der Waals surface area (Å²) < 4.78 is 24.6. The van der Waals surface area contributed by atoms with Gasteiger partial charge in [0.2, 0.25) is 10.0 Å². The van der Waals surface area contributed by atoms with Crippen LogP contribution in [0.4, 0.5) is 11.4 Å². The predicted molar refractivity (Wildman–Crippen MR) is 93.6 cm³/mol. The first kappa shape index (κ1) is 17.0. The number of anilines is 2. The summed E-state index contributed by atoms with van der Waals surface area (Å²) in [6.07, 6.45) is 1.10. The number of hydrogen-bond donors (Lipinski definition) is 1. The van der Waals surface area contributed by atoms with E-state index in [4.69, 9.17) is 0 Å². The van der Waals surface area contributed by atoms with Gasteiger partial charge in [0.1, 0.15) is 0 Å². The summed E-state index contributed by atoms with van der Waals surface area (Å²) in [6, 6.07) is 12.3. The molecule has 0 saturated heterocycles. The molecule has 5 nitrogen and oxygen atoms in total. The van der Waals surface area contributed by atoms with E-state index in [9.17, 15) is 13.2 Å². The minimum absolute atomic E-state index is 0.307. The van der Waals surface area contributed by atoms with Crippen LogP contribution in [0.5, 0.6) is 0 Å². The largest absolute Gasteiger partial charge is 0.322 e. The summed E-state index contributed by atoms with van der Waals surface area (Å²) in [5, 5.41) is 2.85. The topological polar surface area (TPSA) is 66.5 Å². The number of hydrogen-bond acceptors (Lipinski definition) is 3. The molecule has 0 atom stereocenters. The van der Waals surface area contributed by atoms with E-state index in [0.29, 0.717) is 16.9 Å². The molecule has 0 heterocycles. The Kier molecular flexibility index (Phi) is 4.75. The molecular formula is C17H20N2O3S. The van der Waals surface area contributed by atoms with E-state index in [1.54, 1.807) is 24.3 Å². The Hall–Kier alpha value is -2.34. The van der Waals surface area contributed by atoms with Crippen molar-refractivity contribution in [2.24, 2.45) is 0 Å². The molecule has 2 rings (SSSR count). The van der Waals surface area contributed by atoms with Crippen molar-refractivity contribution >= 4 is 27.3 Å². The summed E-state index contributed by atoms with van der Waals surface area (Å²) in [6.45, 7) is 3.90. The van der Waals surface area contributed by atoms with Gasteiger partial charge in [-0.1, -0.05) is 24.3 Å². The lowest BCUT2D eigenvalue weighted by Gasteiger charge is -2.20. The van der Waals surface area contributed by atoms with E-state index in [2.05, 4.69) is 5.32 Å². The Balaban J connectivity index is 2.39. The van der Waals surface area contributed by atoms with Gasteiger partial charge in [0, 0.05) is 12.7 Å². The Morgan fingerprint density at radius 3 is 2.35 bits per heavy atom. The van der Waals surface area contributed by atoms with Crippen LogP contribution in [0.15, 0.2) is 42.5 Å². The number of sulfonamides is 1. The monoisotopic (exact) mass is 332 g/mol. The molecule has 0 spiro atoms. The van der Waals surface area contributed by atoms with Gasteiger partial charge < -0.3 is 5.32 Å². The number of carbonyl (C=O) groups excluding carboxylic acids is 1. The summed E-state index contributed by atoms with van der Waals surface area (Å²) in [5.41, 5.74) is 3.42. The van der Waals surface area contributed by atoms with Gasteiger partial charge >= 0.3 is 0 Å². The first-order valence-corrected chi connectivity index (χ1v) is 8.97. The molecule has 1 amide bonds. The SMILES string of the molecule is Cc1cccc(NC(=O)c2ccccc2N(C)S(C)(=O)=O)c1C. The molecule has 0 aromatic heterocycles. The van der Waals surface area contributed by atoms with Crippen LogP contribution in [0.1, 0.15) is 21.5 Å². The van der Waals surface area contributed by atoms with Crippen molar-refractivity contribution in [3.05, 3.63) is 59.2 Å². The highest BCUT2D eigenvalue weighted by molar-refractivity contribution is 7.92. The van der Waals surface area contributed by atoms with Crippen molar-refractivity contribution < 1.29 is 13.2 Å². The predicted octanol–water partition coefficient (Wildman–Crippen LogP) is 2.95. The first-order valence-electron chi connectivity index (χ1n) is 7.12. The molecule has 0 saturated carbocycles. The Labute approximate surface area is 137 Å². The lowest BCUT2D eigenvalue weighted by atomic mass is 10.1.